The molecule has 2 N–H and O–H groups in total. The van der Waals surface area contributed by atoms with Gasteiger partial charge in [-0.15, -0.1) is 0 Å². The van der Waals surface area contributed by atoms with Crippen LogP contribution in [0.15, 0.2) is 42.5 Å². The largest absolute Gasteiger partial charge is 0.508 e. The maximum atomic E-state index is 9.85. The van der Waals surface area contributed by atoms with Crippen molar-refractivity contribution in [3.63, 3.8) is 0 Å². The van der Waals surface area contributed by atoms with E-state index in [1.807, 2.05) is 31.2 Å². The van der Waals surface area contributed by atoms with E-state index < -0.39 is 0 Å². The zero-order chi connectivity index (χ0) is 14.8. The Morgan fingerprint density at radius 2 is 1.65 bits per heavy atom. The second kappa shape index (κ2) is 5.58. The summed E-state index contributed by atoms with van der Waals surface area (Å²) in [5, 5.41) is 19.6. The van der Waals surface area contributed by atoms with Gasteiger partial charge in [0.05, 0.1) is 0 Å². The predicted molar refractivity (Wildman–Crippen MR) is 82.3 cm³/mol. The molecule has 0 aromatic heterocycles. The lowest BCUT2D eigenvalue weighted by Crippen LogP contribution is -2.22. The number of phenolic OH excluding ortho intramolecular Hbond substituents is 2. The van der Waals surface area contributed by atoms with Gasteiger partial charge in [0, 0.05) is 5.41 Å². The quantitative estimate of drug-likeness (QED) is 0.865. The molecule has 0 aliphatic heterocycles. The first-order valence-corrected chi connectivity index (χ1v) is 7.13. The monoisotopic (exact) mass is 270 g/mol. The Bertz CT molecular complexity index is 604. The minimum atomic E-state index is -0.170. The molecule has 0 aliphatic rings. The Balaban J connectivity index is 2.55. The molecule has 2 rings (SSSR count). The number of hydrogen-bond donors (Lipinski definition) is 2. The van der Waals surface area contributed by atoms with E-state index in [1.54, 1.807) is 12.1 Å². The third-order valence-corrected chi connectivity index (χ3v) is 4.29. The summed E-state index contributed by atoms with van der Waals surface area (Å²) in [6.45, 7) is 6.35. The van der Waals surface area contributed by atoms with Crippen LogP contribution in [0.1, 0.15) is 43.9 Å². The van der Waals surface area contributed by atoms with Crippen LogP contribution < -0.4 is 0 Å². The maximum absolute atomic E-state index is 9.85. The van der Waals surface area contributed by atoms with Gasteiger partial charge in [0.1, 0.15) is 11.5 Å². The molecule has 1 atom stereocenters. The van der Waals surface area contributed by atoms with E-state index in [1.165, 1.54) is 5.56 Å². The second-order valence-corrected chi connectivity index (χ2v) is 5.43. The van der Waals surface area contributed by atoms with Gasteiger partial charge in [0.2, 0.25) is 0 Å². The number of hydrogen-bond acceptors (Lipinski definition) is 2. The van der Waals surface area contributed by atoms with Crippen LogP contribution in [0.3, 0.4) is 0 Å². The van der Waals surface area contributed by atoms with Crippen LogP contribution in [0, 0.1) is 0 Å². The molecule has 0 spiro atoms. The highest BCUT2D eigenvalue weighted by Crippen LogP contribution is 2.38. The predicted octanol–water partition coefficient (Wildman–Crippen LogP) is 4.38. The number of rotatable bonds is 4. The first kappa shape index (κ1) is 14.4. The molecule has 106 valence electrons. The number of phenols is 2. The van der Waals surface area contributed by atoms with E-state index >= 15 is 0 Å². The third-order valence-electron chi connectivity index (χ3n) is 4.29. The molecule has 0 fully saturated rings. The highest BCUT2D eigenvalue weighted by Gasteiger charge is 2.27. The van der Waals surface area contributed by atoms with Crippen LogP contribution in [0.4, 0.5) is 0 Å². The van der Waals surface area contributed by atoms with Crippen LogP contribution >= 0.6 is 0 Å². The average Bonchev–Trinajstić information content (AvgIpc) is 2.47. The van der Waals surface area contributed by atoms with Gasteiger partial charge >= 0.3 is 0 Å². The summed E-state index contributed by atoms with van der Waals surface area (Å²) in [7, 11) is 0. The van der Waals surface area contributed by atoms with Gasteiger partial charge in [-0.2, -0.15) is 0 Å². The highest BCUT2D eigenvalue weighted by molar-refractivity contribution is 5.45. The van der Waals surface area contributed by atoms with Crippen molar-refractivity contribution in [2.24, 2.45) is 0 Å². The van der Waals surface area contributed by atoms with E-state index in [0.717, 1.165) is 24.0 Å². The van der Waals surface area contributed by atoms with Crippen molar-refractivity contribution in [2.45, 2.75) is 39.0 Å². The van der Waals surface area contributed by atoms with E-state index in [4.69, 9.17) is 0 Å². The number of benzene rings is 2. The fourth-order valence-corrected chi connectivity index (χ4v) is 2.64. The van der Waals surface area contributed by atoms with Crippen LogP contribution in [0.2, 0.25) is 0 Å². The second-order valence-electron chi connectivity index (χ2n) is 5.43. The van der Waals surface area contributed by atoms with E-state index in [0.29, 0.717) is 5.75 Å². The Labute approximate surface area is 120 Å². The van der Waals surface area contributed by atoms with Crippen LogP contribution in [-0.2, 0) is 11.8 Å². The first-order chi connectivity index (χ1) is 9.51. The van der Waals surface area contributed by atoms with Crippen molar-refractivity contribution < 1.29 is 10.2 Å². The lowest BCUT2D eigenvalue weighted by molar-refractivity contribution is 0.464. The number of aromatic hydroxyl groups is 2. The molecule has 0 aliphatic carbocycles. The summed E-state index contributed by atoms with van der Waals surface area (Å²) in [6, 6.07) is 13.2. The van der Waals surface area contributed by atoms with Gasteiger partial charge in [0.15, 0.2) is 0 Å². The molecule has 0 bridgehead atoms. The van der Waals surface area contributed by atoms with Crippen LogP contribution in [-0.4, -0.2) is 10.2 Å². The Morgan fingerprint density at radius 3 is 2.25 bits per heavy atom. The molecule has 2 aromatic carbocycles. The maximum Gasteiger partial charge on any atom is 0.118 e. The molecule has 0 amide bonds. The summed E-state index contributed by atoms with van der Waals surface area (Å²) in [6.07, 6.45) is 1.73. The molecule has 0 saturated heterocycles. The third kappa shape index (κ3) is 2.51. The molecule has 2 heteroatoms. The topological polar surface area (TPSA) is 40.5 Å². The normalized spacial score (nSPS) is 13.9. The lowest BCUT2D eigenvalue weighted by Gasteiger charge is -2.30. The molecular formula is C18H22O2. The van der Waals surface area contributed by atoms with Crippen LogP contribution in [0.25, 0.3) is 0 Å². The molecule has 0 heterocycles. The minimum absolute atomic E-state index is 0.170. The molecule has 0 radical (unpaired) electrons. The van der Waals surface area contributed by atoms with Crippen molar-refractivity contribution >= 4 is 0 Å². The van der Waals surface area contributed by atoms with Gasteiger partial charge < -0.3 is 10.2 Å². The van der Waals surface area contributed by atoms with Crippen LogP contribution in [0.5, 0.6) is 11.5 Å². The molecule has 0 saturated carbocycles. The fraction of sp³-hybridized carbons (Fsp3) is 0.333. The zero-order valence-electron chi connectivity index (χ0n) is 12.4. The SMILES string of the molecule is CCc1cc(C(C)(CC)c2cccc(O)c2)ccc1O. The molecular weight excluding hydrogens is 248 g/mol. The van der Waals surface area contributed by atoms with Crippen molar-refractivity contribution in [1.82, 2.24) is 0 Å². The van der Waals surface area contributed by atoms with Gasteiger partial charge in [0.25, 0.3) is 0 Å². The van der Waals surface area contributed by atoms with Crippen molar-refractivity contribution in [2.75, 3.05) is 0 Å². The van der Waals surface area contributed by atoms with Crippen molar-refractivity contribution in [3.8, 4) is 11.5 Å². The first-order valence-electron chi connectivity index (χ1n) is 7.13. The smallest absolute Gasteiger partial charge is 0.118 e. The molecule has 20 heavy (non-hydrogen) atoms. The van der Waals surface area contributed by atoms with Gasteiger partial charge in [-0.1, -0.05) is 45.0 Å². The van der Waals surface area contributed by atoms with E-state index in [2.05, 4.69) is 19.9 Å². The van der Waals surface area contributed by atoms with Gasteiger partial charge in [-0.05, 0) is 47.7 Å². The molecule has 1 unspecified atom stereocenters. The van der Waals surface area contributed by atoms with E-state index in [9.17, 15) is 10.2 Å². The van der Waals surface area contributed by atoms with E-state index in [-0.39, 0.29) is 11.2 Å². The Morgan fingerprint density at radius 1 is 0.950 bits per heavy atom. The summed E-state index contributed by atoms with van der Waals surface area (Å²) in [5.41, 5.74) is 3.05. The highest BCUT2D eigenvalue weighted by atomic mass is 16.3. The Kier molecular flexibility index (Phi) is 4.03. The zero-order valence-corrected chi connectivity index (χ0v) is 12.4. The van der Waals surface area contributed by atoms with Gasteiger partial charge in [-0.3, -0.25) is 0 Å². The number of aryl methyl sites for hydroxylation is 1. The fourth-order valence-electron chi connectivity index (χ4n) is 2.64. The average molecular weight is 270 g/mol. The standard InChI is InChI=1S/C18H22O2/c1-4-13-11-15(9-10-17(13)20)18(3,5-2)14-7-6-8-16(19)12-14/h6-12,19-20H,4-5H2,1-3H3. The summed E-state index contributed by atoms with van der Waals surface area (Å²) in [4.78, 5) is 0. The molecule has 2 aromatic rings. The molecule has 2 nitrogen and oxygen atoms in total. The summed E-state index contributed by atoms with van der Waals surface area (Å²) in [5.74, 6) is 0.641. The Hall–Kier alpha value is -1.96. The summed E-state index contributed by atoms with van der Waals surface area (Å²) < 4.78 is 0. The van der Waals surface area contributed by atoms with Gasteiger partial charge in [-0.25, -0.2) is 0 Å². The lowest BCUT2D eigenvalue weighted by atomic mass is 9.73. The van der Waals surface area contributed by atoms with Crippen molar-refractivity contribution in [3.05, 3.63) is 59.2 Å². The summed E-state index contributed by atoms with van der Waals surface area (Å²) >= 11 is 0. The minimum Gasteiger partial charge on any atom is -0.508 e. The van der Waals surface area contributed by atoms with Crippen molar-refractivity contribution in [1.29, 1.82) is 0 Å².